The van der Waals surface area contributed by atoms with Crippen LogP contribution in [0.5, 0.6) is 5.75 Å². The van der Waals surface area contributed by atoms with Gasteiger partial charge >= 0.3 is 6.09 Å². The van der Waals surface area contributed by atoms with Crippen LogP contribution in [-0.2, 0) is 16.0 Å². The maximum atomic E-state index is 11.8. The van der Waals surface area contributed by atoms with Gasteiger partial charge in [-0.2, -0.15) is 0 Å². The van der Waals surface area contributed by atoms with E-state index >= 15 is 0 Å². The van der Waals surface area contributed by atoms with Crippen molar-refractivity contribution in [2.45, 2.75) is 51.3 Å². The Morgan fingerprint density at radius 1 is 1.25 bits per heavy atom. The molecular formula is C20H28N4O4. The summed E-state index contributed by atoms with van der Waals surface area (Å²) in [6.07, 6.45) is 1.20. The number of nitrogens with zero attached hydrogens (tertiary/aromatic N) is 3. The Morgan fingerprint density at radius 3 is 2.64 bits per heavy atom. The van der Waals surface area contributed by atoms with Crippen LogP contribution >= 0.6 is 0 Å². The molecule has 1 amide bonds. The lowest BCUT2D eigenvalue weighted by Gasteiger charge is -2.27. The number of aromatic nitrogens is 3. The first-order valence-corrected chi connectivity index (χ1v) is 9.54. The Kier molecular flexibility index (Phi) is 6.51. The van der Waals surface area contributed by atoms with E-state index in [1.807, 2.05) is 42.8 Å². The second kappa shape index (κ2) is 9.05. The molecule has 28 heavy (non-hydrogen) atoms. The van der Waals surface area contributed by atoms with Crippen molar-refractivity contribution in [2.75, 3.05) is 20.8 Å². The second-order valence-electron chi connectivity index (χ2n) is 7.26. The zero-order valence-corrected chi connectivity index (χ0v) is 16.8. The van der Waals surface area contributed by atoms with Gasteiger partial charge in [0.2, 0.25) is 0 Å². The average molecular weight is 388 g/mol. The molecule has 8 nitrogen and oxygen atoms in total. The number of methoxy groups -OCH3 is 2. The molecular weight excluding hydrogens is 360 g/mol. The Morgan fingerprint density at radius 2 is 2.00 bits per heavy atom. The topological polar surface area (TPSA) is 87.5 Å². The van der Waals surface area contributed by atoms with Crippen molar-refractivity contribution in [1.82, 2.24) is 20.3 Å². The van der Waals surface area contributed by atoms with E-state index in [1.165, 1.54) is 0 Å². The monoisotopic (exact) mass is 388 g/mol. The van der Waals surface area contributed by atoms with E-state index in [2.05, 4.69) is 15.6 Å². The maximum absolute atomic E-state index is 11.8. The molecule has 0 aliphatic heterocycles. The molecule has 1 aromatic carbocycles. The number of hydrogen-bond donors (Lipinski definition) is 1. The highest BCUT2D eigenvalue weighted by molar-refractivity contribution is 5.67. The predicted octanol–water partition coefficient (Wildman–Crippen LogP) is 3.03. The first-order chi connectivity index (χ1) is 13.5. The highest BCUT2D eigenvalue weighted by Crippen LogP contribution is 2.38. The van der Waals surface area contributed by atoms with E-state index in [0.29, 0.717) is 6.54 Å². The number of hydrogen-bond acceptors (Lipinski definition) is 6. The third kappa shape index (κ3) is 4.62. The SMILES string of the molecule is COc1ccc(Cn2nnc3c2[C@H](OC)CCC3COC(=O)NC(C)C)cc1. The Labute approximate surface area is 165 Å². The molecule has 0 radical (unpaired) electrons. The van der Waals surface area contributed by atoms with Crippen LogP contribution in [0.2, 0.25) is 0 Å². The lowest BCUT2D eigenvalue weighted by atomic mass is 9.88. The zero-order chi connectivity index (χ0) is 20.1. The molecule has 1 aromatic heterocycles. The van der Waals surface area contributed by atoms with Gasteiger partial charge in [-0.25, -0.2) is 9.48 Å². The summed E-state index contributed by atoms with van der Waals surface area (Å²) in [5.74, 6) is 0.833. The van der Waals surface area contributed by atoms with Crippen molar-refractivity contribution in [1.29, 1.82) is 0 Å². The van der Waals surface area contributed by atoms with Gasteiger partial charge in [-0.3, -0.25) is 0 Å². The third-order valence-corrected chi connectivity index (χ3v) is 4.87. The molecule has 0 bridgehead atoms. The van der Waals surface area contributed by atoms with Crippen LogP contribution in [0.4, 0.5) is 4.79 Å². The molecule has 3 rings (SSSR count). The van der Waals surface area contributed by atoms with Gasteiger partial charge in [-0.1, -0.05) is 17.3 Å². The summed E-state index contributed by atoms with van der Waals surface area (Å²) >= 11 is 0. The Bertz CT molecular complexity index is 788. The van der Waals surface area contributed by atoms with E-state index in [9.17, 15) is 4.79 Å². The fourth-order valence-electron chi connectivity index (χ4n) is 3.45. The normalized spacial score (nSPS) is 18.6. The minimum atomic E-state index is -0.406. The molecule has 1 unspecified atom stereocenters. The fourth-order valence-corrected chi connectivity index (χ4v) is 3.45. The number of ether oxygens (including phenoxy) is 3. The number of benzene rings is 1. The molecule has 1 N–H and O–H groups in total. The molecule has 0 saturated carbocycles. The predicted molar refractivity (Wildman–Crippen MR) is 103 cm³/mol. The van der Waals surface area contributed by atoms with Crippen LogP contribution in [-0.4, -0.2) is 48.0 Å². The summed E-state index contributed by atoms with van der Waals surface area (Å²) in [7, 11) is 3.35. The quantitative estimate of drug-likeness (QED) is 0.784. The van der Waals surface area contributed by atoms with Crippen LogP contribution in [0.1, 0.15) is 55.7 Å². The van der Waals surface area contributed by atoms with Crippen LogP contribution in [0.15, 0.2) is 24.3 Å². The number of fused-ring (bicyclic) bond motifs is 1. The summed E-state index contributed by atoms with van der Waals surface area (Å²) in [5, 5.41) is 11.5. The maximum Gasteiger partial charge on any atom is 0.407 e. The lowest BCUT2D eigenvalue weighted by Crippen LogP contribution is -2.32. The number of amides is 1. The van der Waals surface area contributed by atoms with Crippen LogP contribution in [0, 0.1) is 0 Å². The van der Waals surface area contributed by atoms with Gasteiger partial charge in [0.15, 0.2) is 0 Å². The second-order valence-corrected chi connectivity index (χ2v) is 7.26. The molecule has 0 fully saturated rings. The van der Waals surface area contributed by atoms with Gasteiger partial charge < -0.3 is 19.5 Å². The van der Waals surface area contributed by atoms with Crippen molar-refractivity contribution in [2.24, 2.45) is 0 Å². The van der Waals surface area contributed by atoms with Gasteiger partial charge in [0, 0.05) is 19.1 Å². The first kappa shape index (κ1) is 20.1. The van der Waals surface area contributed by atoms with Crippen molar-refractivity contribution in [3.63, 3.8) is 0 Å². The van der Waals surface area contributed by atoms with Crippen molar-refractivity contribution in [3.8, 4) is 5.75 Å². The Hall–Kier alpha value is -2.61. The van der Waals surface area contributed by atoms with Crippen LogP contribution in [0.3, 0.4) is 0 Å². The molecule has 152 valence electrons. The van der Waals surface area contributed by atoms with Crippen LogP contribution in [0.25, 0.3) is 0 Å². The fraction of sp³-hybridized carbons (Fsp3) is 0.550. The minimum absolute atomic E-state index is 0.0175. The van der Waals surface area contributed by atoms with Crippen LogP contribution < -0.4 is 10.1 Å². The number of carbonyl (C=O) groups is 1. The average Bonchev–Trinajstić information content (AvgIpc) is 3.10. The number of carbonyl (C=O) groups excluding carboxylic acids is 1. The number of alkyl carbamates (subject to hydrolysis) is 1. The highest BCUT2D eigenvalue weighted by Gasteiger charge is 2.33. The molecule has 1 aliphatic rings. The minimum Gasteiger partial charge on any atom is -0.497 e. The van der Waals surface area contributed by atoms with Gasteiger partial charge in [0.1, 0.15) is 18.5 Å². The zero-order valence-electron chi connectivity index (χ0n) is 16.8. The van der Waals surface area contributed by atoms with Crippen molar-refractivity contribution < 1.29 is 19.0 Å². The van der Waals surface area contributed by atoms with Gasteiger partial charge in [0.25, 0.3) is 0 Å². The molecule has 0 spiro atoms. The largest absolute Gasteiger partial charge is 0.497 e. The van der Waals surface area contributed by atoms with E-state index in [1.54, 1.807) is 14.2 Å². The molecule has 1 heterocycles. The van der Waals surface area contributed by atoms with Crippen molar-refractivity contribution in [3.05, 3.63) is 41.2 Å². The van der Waals surface area contributed by atoms with Crippen molar-refractivity contribution >= 4 is 6.09 Å². The smallest absolute Gasteiger partial charge is 0.407 e. The Balaban J connectivity index is 1.75. The van der Waals surface area contributed by atoms with Gasteiger partial charge in [-0.15, -0.1) is 5.10 Å². The molecule has 2 atom stereocenters. The van der Waals surface area contributed by atoms with E-state index in [0.717, 1.165) is 35.5 Å². The standard InChI is InChI=1S/C20H28N4O4/c1-13(2)21-20(25)28-12-15-7-10-17(27-4)19-18(15)22-23-24(19)11-14-5-8-16(26-3)9-6-14/h5-6,8-9,13,15,17H,7,10-12H2,1-4H3,(H,21,25)/t15?,17-/m1/s1. The van der Waals surface area contributed by atoms with E-state index in [4.69, 9.17) is 14.2 Å². The molecule has 1 aliphatic carbocycles. The highest BCUT2D eigenvalue weighted by atomic mass is 16.5. The summed E-state index contributed by atoms with van der Waals surface area (Å²) in [6, 6.07) is 7.91. The third-order valence-electron chi connectivity index (χ3n) is 4.87. The molecule has 0 saturated heterocycles. The van der Waals surface area contributed by atoms with E-state index in [-0.39, 0.29) is 24.7 Å². The number of rotatable bonds is 7. The molecule has 8 heteroatoms. The summed E-state index contributed by atoms with van der Waals surface area (Å²) in [5.41, 5.74) is 2.91. The summed E-state index contributed by atoms with van der Waals surface area (Å²) < 4.78 is 18.2. The molecule has 2 aromatic rings. The summed E-state index contributed by atoms with van der Waals surface area (Å²) in [6.45, 7) is 4.67. The van der Waals surface area contributed by atoms with Gasteiger partial charge in [-0.05, 0) is 44.4 Å². The first-order valence-electron chi connectivity index (χ1n) is 9.54. The van der Waals surface area contributed by atoms with E-state index < -0.39 is 6.09 Å². The summed E-state index contributed by atoms with van der Waals surface area (Å²) in [4.78, 5) is 11.8. The number of nitrogens with one attached hydrogen (secondary N) is 1. The lowest BCUT2D eigenvalue weighted by molar-refractivity contribution is 0.0692. The van der Waals surface area contributed by atoms with Gasteiger partial charge in [0.05, 0.1) is 25.0 Å².